The average molecular weight is 536 g/mol. The zero-order chi connectivity index (χ0) is 23.8. The molecule has 0 atom stereocenters. The van der Waals surface area contributed by atoms with Gasteiger partial charge in [-0.3, -0.25) is 4.79 Å². The number of hydrogen-bond donors (Lipinski definition) is 0. The van der Waals surface area contributed by atoms with Gasteiger partial charge in [0.25, 0.3) is 15.9 Å². The van der Waals surface area contributed by atoms with E-state index in [9.17, 15) is 22.0 Å². The minimum atomic E-state index is -3.66. The Balaban J connectivity index is 1.56. The van der Waals surface area contributed by atoms with Crippen LogP contribution < -0.4 is 4.80 Å². The number of thiophene rings is 1. The Kier molecular flexibility index (Phi) is 7.32. The molecule has 1 aromatic carbocycles. The van der Waals surface area contributed by atoms with E-state index in [1.807, 2.05) is 0 Å². The van der Waals surface area contributed by atoms with Crippen LogP contribution >= 0.6 is 34.3 Å². The summed E-state index contributed by atoms with van der Waals surface area (Å²) in [5.41, 5.74) is 0.167. The molecule has 4 rings (SSSR count). The third-order valence-electron chi connectivity index (χ3n) is 5.37. The van der Waals surface area contributed by atoms with Crippen molar-refractivity contribution in [2.75, 3.05) is 26.8 Å². The molecular formula is C20H20ClF2N3O4S3. The number of piperidine rings is 1. The third kappa shape index (κ3) is 5.05. The molecule has 0 aliphatic carbocycles. The Morgan fingerprint density at radius 2 is 1.97 bits per heavy atom. The Morgan fingerprint density at radius 1 is 1.24 bits per heavy atom. The van der Waals surface area contributed by atoms with E-state index in [2.05, 4.69) is 4.99 Å². The molecule has 178 valence electrons. The smallest absolute Gasteiger partial charge is 0.252 e. The summed E-state index contributed by atoms with van der Waals surface area (Å²) >= 11 is 7.88. The molecule has 0 unspecified atom stereocenters. The van der Waals surface area contributed by atoms with E-state index in [0.29, 0.717) is 21.9 Å². The number of aromatic nitrogens is 1. The van der Waals surface area contributed by atoms with E-state index in [1.165, 1.54) is 34.2 Å². The summed E-state index contributed by atoms with van der Waals surface area (Å²) in [6, 6.07) is 5.00. The molecule has 3 heterocycles. The van der Waals surface area contributed by atoms with Gasteiger partial charge >= 0.3 is 0 Å². The molecular weight excluding hydrogens is 516 g/mol. The predicted molar refractivity (Wildman–Crippen MR) is 123 cm³/mol. The van der Waals surface area contributed by atoms with Crippen LogP contribution in [0.15, 0.2) is 33.5 Å². The van der Waals surface area contributed by atoms with Gasteiger partial charge < -0.3 is 9.30 Å². The van der Waals surface area contributed by atoms with Gasteiger partial charge in [-0.25, -0.2) is 17.2 Å². The van der Waals surface area contributed by atoms with E-state index >= 15 is 0 Å². The van der Waals surface area contributed by atoms with E-state index in [0.717, 1.165) is 28.7 Å². The number of carbonyl (C=O) groups is 1. The maximum Gasteiger partial charge on any atom is 0.252 e. The number of rotatable bonds is 6. The molecule has 1 aliphatic heterocycles. The number of carbonyl (C=O) groups excluding carboxylic acids is 1. The lowest BCUT2D eigenvalue weighted by Gasteiger charge is -2.29. The lowest BCUT2D eigenvalue weighted by Crippen LogP contribution is -2.40. The van der Waals surface area contributed by atoms with Crippen LogP contribution in [0.5, 0.6) is 0 Å². The molecule has 33 heavy (non-hydrogen) atoms. The van der Waals surface area contributed by atoms with Crippen LogP contribution in [0.1, 0.15) is 12.8 Å². The highest BCUT2D eigenvalue weighted by molar-refractivity contribution is 7.91. The number of sulfonamides is 1. The van der Waals surface area contributed by atoms with Gasteiger partial charge in [-0.05, 0) is 31.0 Å². The zero-order valence-corrected chi connectivity index (χ0v) is 20.7. The molecule has 1 aliphatic rings. The second-order valence-corrected chi connectivity index (χ2v) is 12.3. The van der Waals surface area contributed by atoms with Crippen LogP contribution in [-0.2, 0) is 26.1 Å². The van der Waals surface area contributed by atoms with Gasteiger partial charge in [0.05, 0.1) is 21.2 Å². The minimum absolute atomic E-state index is 0.167. The fraction of sp³-hybridized carbons (Fsp3) is 0.400. The summed E-state index contributed by atoms with van der Waals surface area (Å²) in [6.45, 7) is 0.859. The quantitative estimate of drug-likeness (QED) is 0.480. The van der Waals surface area contributed by atoms with Crippen LogP contribution in [0.25, 0.3) is 10.2 Å². The molecule has 0 spiro atoms. The highest BCUT2D eigenvalue weighted by Crippen LogP contribution is 2.31. The topological polar surface area (TPSA) is 81.0 Å². The summed E-state index contributed by atoms with van der Waals surface area (Å²) in [5.74, 6) is -2.33. The van der Waals surface area contributed by atoms with Gasteiger partial charge in [0.2, 0.25) is 0 Å². The highest BCUT2D eigenvalue weighted by atomic mass is 35.5. The van der Waals surface area contributed by atoms with Crippen molar-refractivity contribution < 1.29 is 26.7 Å². The fourth-order valence-corrected chi connectivity index (χ4v) is 7.90. The molecule has 1 amide bonds. The molecule has 0 radical (unpaired) electrons. The van der Waals surface area contributed by atoms with Crippen LogP contribution in [0.2, 0.25) is 4.34 Å². The number of hydrogen-bond acceptors (Lipinski definition) is 6. The van der Waals surface area contributed by atoms with Crippen LogP contribution in [0.3, 0.4) is 0 Å². The van der Waals surface area contributed by atoms with Gasteiger partial charge in [-0.15, -0.1) is 11.3 Å². The van der Waals surface area contributed by atoms with Crippen LogP contribution in [-0.4, -0.2) is 50.0 Å². The van der Waals surface area contributed by atoms with Crippen molar-refractivity contribution in [1.82, 2.24) is 8.87 Å². The second-order valence-electron chi connectivity index (χ2n) is 7.45. The minimum Gasteiger partial charge on any atom is -0.383 e. The van der Waals surface area contributed by atoms with Gasteiger partial charge in [-0.1, -0.05) is 22.9 Å². The summed E-state index contributed by atoms with van der Waals surface area (Å²) in [5, 5.41) is 0. The van der Waals surface area contributed by atoms with Crippen molar-refractivity contribution in [3.8, 4) is 0 Å². The molecule has 7 nitrogen and oxygen atoms in total. The lowest BCUT2D eigenvalue weighted by molar-refractivity contribution is -0.122. The number of ether oxygens (including phenoxy) is 1. The fourth-order valence-electron chi connectivity index (χ4n) is 3.70. The normalized spacial score (nSPS) is 16.7. The first-order valence-corrected chi connectivity index (χ1v) is 13.5. The Morgan fingerprint density at radius 3 is 2.61 bits per heavy atom. The van der Waals surface area contributed by atoms with Crippen molar-refractivity contribution >= 4 is 60.4 Å². The number of amides is 1. The number of benzene rings is 1. The SMILES string of the molecule is COCCn1c(=NC(=O)C2CCN(S(=O)(=O)c3ccc(Cl)s3)CC2)sc2cc(F)cc(F)c21. The molecule has 0 N–H and O–H groups in total. The Hall–Kier alpha value is -1.70. The predicted octanol–water partition coefficient (Wildman–Crippen LogP) is 3.87. The average Bonchev–Trinajstić information content (AvgIpc) is 3.36. The zero-order valence-electron chi connectivity index (χ0n) is 17.5. The van der Waals surface area contributed by atoms with Gasteiger partial charge in [0.1, 0.15) is 10.0 Å². The van der Waals surface area contributed by atoms with Crippen LogP contribution in [0, 0.1) is 17.6 Å². The number of halogens is 3. The third-order valence-corrected chi connectivity index (χ3v) is 9.99. The second kappa shape index (κ2) is 9.88. The Bertz CT molecular complexity index is 1360. The van der Waals surface area contributed by atoms with Crippen molar-refractivity contribution in [2.45, 2.75) is 23.6 Å². The number of methoxy groups -OCH3 is 1. The molecule has 1 saturated heterocycles. The van der Waals surface area contributed by atoms with Crippen molar-refractivity contribution in [2.24, 2.45) is 10.9 Å². The standard InChI is InChI=1S/C20H20ClF2N3O4S3/c1-30-9-8-26-18-14(23)10-13(22)11-15(18)31-20(26)24-19(27)12-4-6-25(7-5-12)33(28,29)17-3-2-16(21)32-17/h2-3,10-12H,4-9H2,1H3. The molecule has 0 saturated carbocycles. The first kappa shape index (κ1) is 24.4. The lowest BCUT2D eigenvalue weighted by atomic mass is 9.98. The monoisotopic (exact) mass is 535 g/mol. The van der Waals surface area contributed by atoms with Gasteiger partial charge in [-0.2, -0.15) is 9.30 Å². The van der Waals surface area contributed by atoms with E-state index < -0.39 is 33.5 Å². The molecule has 1 fully saturated rings. The van der Waals surface area contributed by atoms with Gasteiger partial charge in [0.15, 0.2) is 10.6 Å². The highest BCUT2D eigenvalue weighted by Gasteiger charge is 2.33. The molecule has 0 bridgehead atoms. The first-order valence-electron chi connectivity index (χ1n) is 10.0. The number of fused-ring (bicyclic) bond motifs is 1. The van der Waals surface area contributed by atoms with E-state index in [1.54, 1.807) is 0 Å². The maximum atomic E-state index is 14.4. The molecule has 3 aromatic rings. The summed E-state index contributed by atoms with van der Waals surface area (Å²) in [6.07, 6.45) is 0.624. The summed E-state index contributed by atoms with van der Waals surface area (Å²) in [4.78, 5) is 17.4. The van der Waals surface area contributed by atoms with Gasteiger partial charge in [0, 0.05) is 38.7 Å². The largest absolute Gasteiger partial charge is 0.383 e. The van der Waals surface area contributed by atoms with E-state index in [-0.39, 0.29) is 40.8 Å². The van der Waals surface area contributed by atoms with Crippen molar-refractivity contribution in [3.05, 3.63) is 45.0 Å². The summed E-state index contributed by atoms with van der Waals surface area (Å²) in [7, 11) is -2.16. The first-order chi connectivity index (χ1) is 15.7. The molecule has 2 aromatic heterocycles. The van der Waals surface area contributed by atoms with Crippen molar-refractivity contribution in [1.29, 1.82) is 0 Å². The maximum absolute atomic E-state index is 14.4. The Labute approximate surface area is 201 Å². The number of nitrogens with zero attached hydrogens (tertiary/aromatic N) is 3. The molecule has 13 heteroatoms. The van der Waals surface area contributed by atoms with E-state index in [4.69, 9.17) is 16.3 Å². The number of thiazole rings is 1. The summed E-state index contributed by atoms with van der Waals surface area (Å²) < 4.78 is 62.5. The van der Waals surface area contributed by atoms with Crippen molar-refractivity contribution in [3.63, 3.8) is 0 Å². The van der Waals surface area contributed by atoms with Crippen LogP contribution in [0.4, 0.5) is 8.78 Å².